The molecular formula is C21H30N4O9. The minimum absolute atomic E-state index is 0.0655. The van der Waals surface area contributed by atoms with Gasteiger partial charge in [0.2, 0.25) is 0 Å². The van der Waals surface area contributed by atoms with Crippen molar-refractivity contribution >= 4 is 23.6 Å². The monoisotopic (exact) mass is 482 g/mol. The first-order valence-corrected chi connectivity index (χ1v) is 10.8. The van der Waals surface area contributed by atoms with Crippen molar-refractivity contribution in [3.63, 3.8) is 0 Å². The fourth-order valence-electron chi connectivity index (χ4n) is 3.85. The number of nitro benzene ring substituents is 1. The number of carbonyl (C=O) groups is 3. The molecule has 13 heteroatoms. The first-order chi connectivity index (χ1) is 16.1. The number of hydrogen-bond acceptors (Lipinski definition) is 9. The molecular weight excluding hydrogens is 452 g/mol. The Morgan fingerprint density at radius 1 is 0.882 bits per heavy atom. The summed E-state index contributed by atoms with van der Waals surface area (Å²) >= 11 is 0. The van der Waals surface area contributed by atoms with Crippen molar-refractivity contribution in [2.24, 2.45) is 0 Å². The molecule has 0 bridgehead atoms. The van der Waals surface area contributed by atoms with Gasteiger partial charge in [0.1, 0.15) is 0 Å². The Morgan fingerprint density at radius 2 is 1.44 bits per heavy atom. The van der Waals surface area contributed by atoms with Gasteiger partial charge in [0.05, 0.1) is 37.8 Å². The Hall–Kier alpha value is -3.13. The molecule has 3 N–H and O–H groups in total. The number of non-ortho nitro benzene ring substituents is 1. The van der Waals surface area contributed by atoms with Crippen molar-refractivity contribution in [2.75, 3.05) is 65.6 Å². The van der Waals surface area contributed by atoms with Crippen molar-refractivity contribution in [1.29, 1.82) is 0 Å². The van der Waals surface area contributed by atoms with E-state index < -0.39 is 28.9 Å². The van der Waals surface area contributed by atoms with E-state index in [9.17, 15) is 34.7 Å². The second-order valence-electron chi connectivity index (χ2n) is 8.06. The Morgan fingerprint density at radius 3 is 2.03 bits per heavy atom. The van der Waals surface area contributed by atoms with Crippen LogP contribution in [0.15, 0.2) is 24.3 Å². The minimum Gasteiger partial charge on any atom is -0.480 e. The molecule has 1 unspecified atom stereocenters. The summed E-state index contributed by atoms with van der Waals surface area (Å²) in [5.41, 5.74) is 0.672. The zero-order valence-corrected chi connectivity index (χ0v) is 18.7. The highest BCUT2D eigenvalue weighted by Crippen LogP contribution is 2.16. The first-order valence-electron chi connectivity index (χ1n) is 10.8. The third-order valence-corrected chi connectivity index (χ3v) is 5.47. The zero-order chi connectivity index (χ0) is 25.1. The molecule has 0 amide bonds. The van der Waals surface area contributed by atoms with Crippen LogP contribution in [-0.2, 0) is 25.5 Å². The smallest absolute Gasteiger partial charge is 0.317 e. The molecule has 1 heterocycles. The van der Waals surface area contributed by atoms with Crippen LogP contribution in [0.4, 0.5) is 5.69 Å². The van der Waals surface area contributed by atoms with Crippen LogP contribution in [-0.4, -0.2) is 124 Å². The molecule has 2 rings (SSSR count). The third-order valence-electron chi connectivity index (χ3n) is 5.47. The van der Waals surface area contributed by atoms with E-state index in [2.05, 4.69) is 0 Å². The average molecular weight is 482 g/mol. The summed E-state index contributed by atoms with van der Waals surface area (Å²) in [5.74, 6) is -3.10. The van der Waals surface area contributed by atoms with Crippen LogP contribution in [0.2, 0.25) is 0 Å². The number of rotatable bonds is 9. The van der Waals surface area contributed by atoms with E-state index in [1.807, 2.05) is 0 Å². The van der Waals surface area contributed by atoms with Gasteiger partial charge in [-0.15, -0.1) is 0 Å². The zero-order valence-electron chi connectivity index (χ0n) is 18.7. The number of aliphatic carboxylic acids is 3. The summed E-state index contributed by atoms with van der Waals surface area (Å²) in [6, 6.07) is 5.51. The SMILES string of the molecule is O=C(O)CN1CCOCCN(CC(=O)O)C(Cc2ccc([N+](=O)[O-])cc2)CN(CC(=O)O)CC1. The topological polar surface area (TPSA) is 174 Å². The largest absolute Gasteiger partial charge is 0.480 e. The van der Waals surface area contributed by atoms with E-state index in [1.54, 1.807) is 26.8 Å². The third kappa shape index (κ3) is 9.79. The Balaban J connectivity index is 2.29. The number of nitrogens with zero attached hydrogens (tertiary/aromatic N) is 4. The van der Waals surface area contributed by atoms with Gasteiger partial charge in [0.25, 0.3) is 5.69 Å². The highest BCUT2D eigenvalue weighted by Gasteiger charge is 2.26. The molecule has 0 radical (unpaired) electrons. The lowest BCUT2D eigenvalue weighted by atomic mass is 10.0. The van der Waals surface area contributed by atoms with Gasteiger partial charge in [-0.25, -0.2) is 0 Å². The second-order valence-corrected chi connectivity index (χ2v) is 8.06. The van der Waals surface area contributed by atoms with Gasteiger partial charge < -0.3 is 20.1 Å². The van der Waals surface area contributed by atoms with Gasteiger partial charge in [-0.1, -0.05) is 12.1 Å². The number of hydrogen-bond donors (Lipinski definition) is 3. The summed E-state index contributed by atoms with van der Waals surface area (Å²) in [7, 11) is 0. The molecule has 13 nitrogen and oxygen atoms in total. The van der Waals surface area contributed by atoms with E-state index in [0.717, 1.165) is 5.56 Å². The summed E-state index contributed by atoms with van der Waals surface area (Å²) in [5, 5.41) is 38.9. The normalized spacial score (nSPS) is 19.6. The molecule has 1 aliphatic rings. The van der Waals surface area contributed by atoms with Crippen LogP contribution in [0, 0.1) is 10.1 Å². The Labute approximate surface area is 196 Å². The van der Waals surface area contributed by atoms with Gasteiger partial charge in [0, 0.05) is 50.9 Å². The molecule has 0 aliphatic carbocycles. The molecule has 1 aromatic carbocycles. The lowest BCUT2D eigenvalue weighted by molar-refractivity contribution is -0.384. The molecule has 188 valence electrons. The maximum absolute atomic E-state index is 11.5. The molecule has 34 heavy (non-hydrogen) atoms. The quantitative estimate of drug-likeness (QED) is 0.310. The Kier molecular flexibility index (Phi) is 10.8. The fraction of sp³-hybridized carbons (Fsp3) is 0.571. The maximum Gasteiger partial charge on any atom is 0.317 e. The van der Waals surface area contributed by atoms with Gasteiger partial charge in [-0.2, -0.15) is 0 Å². The van der Waals surface area contributed by atoms with Crippen LogP contribution >= 0.6 is 0 Å². The standard InChI is InChI=1S/C21H30N4O9/c26-19(27)13-22-5-6-23(14-20(28)29)12-18(11-16-1-3-17(4-2-16)25(32)33)24(15-21(30)31)8-10-34-9-7-22/h1-4,18H,5-15H2,(H,26,27)(H,28,29)(H,30,31). The summed E-state index contributed by atoms with van der Waals surface area (Å²) in [6.45, 7) is 1.05. The fourth-order valence-corrected chi connectivity index (χ4v) is 3.85. The number of ether oxygens (including phenoxy) is 1. The van der Waals surface area contributed by atoms with Gasteiger partial charge in [0.15, 0.2) is 0 Å². The summed E-state index contributed by atoms with van der Waals surface area (Å²) in [6.07, 6.45) is 0.334. The molecule has 1 atom stereocenters. The average Bonchev–Trinajstić information content (AvgIpc) is 2.74. The van der Waals surface area contributed by atoms with Crippen LogP contribution in [0.3, 0.4) is 0 Å². The number of carboxylic acid groups (broad SMARTS) is 3. The van der Waals surface area contributed by atoms with E-state index >= 15 is 0 Å². The maximum atomic E-state index is 11.5. The lowest BCUT2D eigenvalue weighted by Crippen LogP contribution is -2.51. The second kappa shape index (κ2) is 13.5. The molecule has 0 saturated carbocycles. The molecule has 1 aromatic rings. The van der Waals surface area contributed by atoms with E-state index in [4.69, 9.17) is 9.84 Å². The van der Waals surface area contributed by atoms with Crippen molar-refractivity contribution in [2.45, 2.75) is 12.5 Å². The van der Waals surface area contributed by atoms with Crippen molar-refractivity contribution in [3.8, 4) is 0 Å². The number of benzene rings is 1. The van der Waals surface area contributed by atoms with Crippen molar-refractivity contribution in [3.05, 3.63) is 39.9 Å². The highest BCUT2D eigenvalue weighted by molar-refractivity contribution is 5.70. The molecule has 1 saturated heterocycles. The highest BCUT2D eigenvalue weighted by atomic mass is 16.6. The van der Waals surface area contributed by atoms with Crippen molar-refractivity contribution in [1.82, 2.24) is 14.7 Å². The molecule has 1 fully saturated rings. The van der Waals surface area contributed by atoms with Crippen molar-refractivity contribution < 1.29 is 39.4 Å². The molecule has 0 spiro atoms. The predicted octanol–water partition coefficient (Wildman–Crippen LogP) is -0.304. The molecule has 0 aromatic heterocycles. The van der Waals surface area contributed by atoms with E-state index in [-0.39, 0.29) is 58.2 Å². The minimum atomic E-state index is -1.06. The van der Waals surface area contributed by atoms with Crippen LogP contribution < -0.4 is 0 Å². The number of nitro groups is 1. The summed E-state index contributed by atoms with van der Waals surface area (Å²) < 4.78 is 5.61. The lowest BCUT2D eigenvalue weighted by Gasteiger charge is -2.36. The number of carboxylic acids is 3. The molecule has 1 aliphatic heterocycles. The van der Waals surface area contributed by atoms with Crippen LogP contribution in [0.5, 0.6) is 0 Å². The summed E-state index contributed by atoms with van der Waals surface area (Å²) in [4.78, 5) is 49.7. The van der Waals surface area contributed by atoms with E-state index in [0.29, 0.717) is 19.5 Å². The van der Waals surface area contributed by atoms with Gasteiger partial charge in [-0.3, -0.25) is 39.2 Å². The predicted molar refractivity (Wildman–Crippen MR) is 119 cm³/mol. The Bertz CT molecular complexity index is 849. The van der Waals surface area contributed by atoms with E-state index in [1.165, 1.54) is 12.1 Å². The first kappa shape index (κ1) is 27.1. The van der Waals surface area contributed by atoms with Gasteiger partial charge in [-0.05, 0) is 12.0 Å². The van der Waals surface area contributed by atoms with Crippen LogP contribution in [0.1, 0.15) is 5.56 Å². The van der Waals surface area contributed by atoms with Crippen LogP contribution in [0.25, 0.3) is 0 Å². The van der Waals surface area contributed by atoms with Gasteiger partial charge >= 0.3 is 17.9 Å².